The first-order valence-corrected chi connectivity index (χ1v) is 9.73. The van der Waals surface area contributed by atoms with Crippen molar-refractivity contribution in [3.05, 3.63) is 72.9 Å². The first kappa shape index (κ1) is 18.7. The molecule has 0 aliphatic carbocycles. The lowest BCUT2D eigenvalue weighted by Gasteiger charge is -2.14. The van der Waals surface area contributed by atoms with Crippen LogP contribution in [-0.2, 0) is 11.8 Å². The fraction of sp³-hybridized carbons (Fsp3) is 0.136. The molecule has 0 aliphatic heterocycles. The van der Waals surface area contributed by atoms with Gasteiger partial charge in [-0.25, -0.2) is 9.67 Å². The molecule has 0 spiro atoms. The number of pyridine rings is 1. The third-order valence-electron chi connectivity index (χ3n) is 5.23. The third kappa shape index (κ3) is 3.57. The lowest BCUT2D eigenvalue weighted by atomic mass is 10.0. The molecule has 0 aliphatic rings. The quantitative estimate of drug-likeness (QED) is 0.441. The van der Waals surface area contributed by atoms with E-state index in [1.165, 1.54) is 0 Å². The Morgan fingerprint density at radius 2 is 2.00 bits per heavy atom. The standard InChI is InChI=1S/C22H19N7O2/c1-28-12-16(10-25-28)15-7-17-18(11-24-22(17)23-9-15)19-13-29(27-26-19)20(8-21(30)31)14-5-3-2-4-6-14/h2-7,9-13,20H,8H2,1H3,(H,23,24)(H,30,31). The zero-order valence-electron chi connectivity index (χ0n) is 16.7. The molecule has 31 heavy (non-hydrogen) atoms. The molecular weight excluding hydrogens is 394 g/mol. The van der Waals surface area contributed by atoms with Gasteiger partial charge in [-0.05, 0) is 11.6 Å². The number of hydrogen-bond donors (Lipinski definition) is 2. The second kappa shape index (κ2) is 7.52. The molecule has 9 heteroatoms. The molecule has 1 unspecified atom stereocenters. The van der Waals surface area contributed by atoms with Crippen molar-refractivity contribution in [1.82, 2.24) is 34.7 Å². The van der Waals surface area contributed by atoms with Gasteiger partial charge in [-0.2, -0.15) is 5.10 Å². The summed E-state index contributed by atoms with van der Waals surface area (Å²) in [5.41, 5.74) is 5.01. The zero-order valence-corrected chi connectivity index (χ0v) is 16.7. The van der Waals surface area contributed by atoms with Crippen LogP contribution in [-0.4, -0.2) is 45.8 Å². The van der Waals surface area contributed by atoms with Crippen LogP contribution in [0.1, 0.15) is 18.0 Å². The molecule has 9 nitrogen and oxygen atoms in total. The number of aliphatic carboxylic acids is 1. The maximum absolute atomic E-state index is 11.5. The van der Waals surface area contributed by atoms with Crippen LogP contribution in [0.5, 0.6) is 0 Å². The Morgan fingerprint density at radius 1 is 1.16 bits per heavy atom. The molecule has 5 rings (SSSR count). The van der Waals surface area contributed by atoms with Gasteiger partial charge < -0.3 is 10.1 Å². The Kier molecular flexibility index (Phi) is 4.55. The third-order valence-corrected chi connectivity index (χ3v) is 5.23. The summed E-state index contributed by atoms with van der Waals surface area (Å²) < 4.78 is 3.35. The van der Waals surface area contributed by atoms with Crippen LogP contribution in [0.3, 0.4) is 0 Å². The second-order valence-corrected chi connectivity index (χ2v) is 7.33. The number of aromatic nitrogens is 7. The minimum absolute atomic E-state index is 0.0899. The lowest BCUT2D eigenvalue weighted by molar-refractivity contribution is -0.137. The maximum atomic E-state index is 11.5. The van der Waals surface area contributed by atoms with E-state index >= 15 is 0 Å². The molecule has 2 N–H and O–H groups in total. The lowest BCUT2D eigenvalue weighted by Crippen LogP contribution is -2.15. The van der Waals surface area contributed by atoms with Crippen molar-refractivity contribution >= 4 is 17.0 Å². The molecule has 0 fully saturated rings. The van der Waals surface area contributed by atoms with Crippen molar-refractivity contribution in [3.8, 4) is 22.4 Å². The van der Waals surface area contributed by atoms with Crippen LogP contribution in [0, 0.1) is 0 Å². The molecular formula is C22H19N7O2. The van der Waals surface area contributed by atoms with E-state index in [9.17, 15) is 9.90 Å². The van der Waals surface area contributed by atoms with E-state index in [1.54, 1.807) is 28.0 Å². The number of benzene rings is 1. The zero-order chi connectivity index (χ0) is 21.4. The van der Waals surface area contributed by atoms with Crippen LogP contribution in [0.15, 0.2) is 67.4 Å². The number of carboxylic acids is 1. The Labute approximate surface area is 177 Å². The van der Waals surface area contributed by atoms with Crippen LogP contribution < -0.4 is 0 Å². The molecule has 0 saturated heterocycles. The molecule has 0 bridgehead atoms. The van der Waals surface area contributed by atoms with E-state index in [1.807, 2.05) is 55.8 Å². The molecule has 4 heterocycles. The summed E-state index contributed by atoms with van der Waals surface area (Å²) >= 11 is 0. The highest BCUT2D eigenvalue weighted by Gasteiger charge is 2.20. The molecule has 4 aromatic heterocycles. The van der Waals surface area contributed by atoms with E-state index < -0.39 is 12.0 Å². The van der Waals surface area contributed by atoms with Crippen molar-refractivity contribution in [2.45, 2.75) is 12.5 Å². The number of nitrogens with zero attached hydrogens (tertiary/aromatic N) is 6. The van der Waals surface area contributed by atoms with Crippen molar-refractivity contribution in [2.24, 2.45) is 7.05 Å². The molecule has 1 aromatic carbocycles. The first-order valence-electron chi connectivity index (χ1n) is 9.73. The Morgan fingerprint density at radius 3 is 2.74 bits per heavy atom. The predicted octanol–water partition coefficient (Wildman–Crippen LogP) is 3.29. The topological polar surface area (TPSA) is 115 Å². The van der Waals surface area contributed by atoms with Crippen LogP contribution in [0.2, 0.25) is 0 Å². The van der Waals surface area contributed by atoms with E-state index in [-0.39, 0.29) is 6.42 Å². The molecule has 0 saturated carbocycles. The smallest absolute Gasteiger partial charge is 0.305 e. The van der Waals surface area contributed by atoms with Crippen molar-refractivity contribution in [3.63, 3.8) is 0 Å². The Hall–Kier alpha value is -4.27. The fourth-order valence-electron chi connectivity index (χ4n) is 3.70. The van der Waals surface area contributed by atoms with Gasteiger partial charge in [-0.3, -0.25) is 9.48 Å². The Balaban J connectivity index is 1.55. The summed E-state index contributed by atoms with van der Waals surface area (Å²) in [6.07, 6.45) is 9.06. The number of H-pyrrole nitrogens is 1. The molecule has 5 aromatic rings. The average molecular weight is 413 g/mol. The highest BCUT2D eigenvalue weighted by Crippen LogP contribution is 2.31. The normalized spacial score (nSPS) is 12.3. The van der Waals surface area contributed by atoms with Crippen LogP contribution in [0.25, 0.3) is 33.4 Å². The summed E-state index contributed by atoms with van der Waals surface area (Å²) in [5.74, 6) is -0.900. The average Bonchev–Trinajstić information content (AvgIpc) is 3.51. The molecule has 1 atom stereocenters. The first-order chi connectivity index (χ1) is 15.1. The van der Waals surface area contributed by atoms with E-state index in [0.717, 1.165) is 33.3 Å². The van der Waals surface area contributed by atoms with Gasteiger partial charge >= 0.3 is 5.97 Å². The number of fused-ring (bicyclic) bond motifs is 1. The SMILES string of the molecule is Cn1cc(-c2cnc3[nH]cc(-c4cn(C(CC(=O)O)c5ccccc5)nn4)c3c2)cn1. The van der Waals surface area contributed by atoms with E-state index in [2.05, 4.69) is 25.4 Å². The summed E-state index contributed by atoms with van der Waals surface area (Å²) in [4.78, 5) is 19.1. The number of aryl methyl sites for hydroxylation is 1. The fourth-order valence-corrected chi connectivity index (χ4v) is 3.70. The second-order valence-electron chi connectivity index (χ2n) is 7.33. The minimum Gasteiger partial charge on any atom is -0.481 e. The number of carboxylic acid groups (broad SMARTS) is 1. The van der Waals surface area contributed by atoms with Crippen molar-refractivity contribution < 1.29 is 9.90 Å². The van der Waals surface area contributed by atoms with Crippen molar-refractivity contribution in [1.29, 1.82) is 0 Å². The van der Waals surface area contributed by atoms with Gasteiger partial charge in [0.15, 0.2) is 0 Å². The number of rotatable bonds is 6. The monoisotopic (exact) mass is 413 g/mol. The van der Waals surface area contributed by atoms with Gasteiger partial charge in [0.25, 0.3) is 0 Å². The number of nitrogens with one attached hydrogen (secondary N) is 1. The van der Waals surface area contributed by atoms with Gasteiger partial charge in [0.1, 0.15) is 11.3 Å². The van der Waals surface area contributed by atoms with Gasteiger partial charge in [0.05, 0.1) is 24.9 Å². The highest BCUT2D eigenvalue weighted by atomic mass is 16.4. The number of aromatic amines is 1. The molecule has 154 valence electrons. The summed E-state index contributed by atoms with van der Waals surface area (Å²) in [6.45, 7) is 0. The van der Waals surface area contributed by atoms with Crippen LogP contribution in [0.4, 0.5) is 0 Å². The summed E-state index contributed by atoms with van der Waals surface area (Å²) in [5, 5.41) is 23.1. The summed E-state index contributed by atoms with van der Waals surface area (Å²) in [7, 11) is 1.87. The van der Waals surface area contributed by atoms with E-state index in [0.29, 0.717) is 5.69 Å². The van der Waals surface area contributed by atoms with Gasteiger partial charge in [0.2, 0.25) is 0 Å². The maximum Gasteiger partial charge on any atom is 0.305 e. The van der Waals surface area contributed by atoms with E-state index in [4.69, 9.17) is 0 Å². The van der Waals surface area contributed by atoms with Gasteiger partial charge in [-0.15, -0.1) is 5.10 Å². The molecule has 0 amide bonds. The number of carbonyl (C=O) groups is 1. The minimum atomic E-state index is -0.900. The summed E-state index contributed by atoms with van der Waals surface area (Å²) in [6, 6.07) is 11.0. The number of hydrogen-bond acceptors (Lipinski definition) is 5. The van der Waals surface area contributed by atoms with Gasteiger partial charge in [-0.1, -0.05) is 35.5 Å². The predicted molar refractivity (Wildman–Crippen MR) is 114 cm³/mol. The molecule has 0 radical (unpaired) electrons. The largest absolute Gasteiger partial charge is 0.481 e. The van der Waals surface area contributed by atoms with Crippen LogP contribution >= 0.6 is 0 Å². The van der Waals surface area contributed by atoms with Crippen molar-refractivity contribution in [2.75, 3.05) is 0 Å². The highest BCUT2D eigenvalue weighted by molar-refractivity contribution is 5.94. The Bertz CT molecular complexity index is 1370. The van der Waals surface area contributed by atoms with Gasteiger partial charge in [0, 0.05) is 47.7 Å².